The maximum atomic E-state index is 4.06. The van der Waals surface area contributed by atoms with Crippen LogP contribution >= 0.6 is 0 Å². The van der Waals surface area contributed by atoms with E-state index in [2.05, 4.69) is 9.98 Å². The molecule has 0 radical (unpaired) electrons. The van der Waals surface area contributed by atoms with E-state index < -0.39 is 0 Å². The van der Waals surface area contributed by atoms with Gasteiger partial charge >= 0.3 is 0 Å². The fourth-order valence-corrected chi connectivity index (χ4v) is 0.486. The highest BCUT2D eigenvalue weighted by Crippen LogP contribution is 1.87. The predicted molar refractivity (Wildman–Crippen MR) is 35.6 cm³/mol. The second-order valence-electron chi connectivity index (χ2n) is 1.68. The van der Waals surface area contributed by atoms with Gasteiger partial charge < -0.3 is 0 Å². The zero-order chi connectivity index (χ0) is 5.82. The molecule has 1 rings (SSSR count). The first-order valence-corrected chi connectivity index (χ1v) is 2.61. The van der Waals surface area contributed by atoms with Crippen molar-refractivity contribution >= 4 is 12.4 Å². The summed E-state index contributed by atoms with van der Waals surface area (Å²) in [6.07, 6.45) is 7.12. The van der Waals surface area contributed by atoms with Crippen LogP contribution in [0.4, 0.5) is 0 Å². The third kappa shape index (κ3) is 1.30. The Morgan fingerprint density at radius 3 is 3.25 bits per heavy atom. The topological polar surface area (TPSA) is 24.7 Å². The van der Waals surface area contributed by atoms with Crippen LogP contribution in [0, 0.1) is 0 Å². The lowest BCUT2D eigenvalue weighted by molar-refractivity contribution is 1.01. The minimum atomic E-state index is 0.241. The van der Waals surface area contributed by atoms with Crippen molar-refractivity contribution in [3.05, 3.63) is 12.3 Å². The number of nitrogens with zero attached hydrogens (tertiary/aromatic N) is 2. The second kappa shape index (κ2) is 2.40. The molecule has 2 heteroatoms. The van der Waals surface area contributed by atoms with Gasteiger partial charge in [-0.05, 0) is 13.0 Å². The van der Waals surface area contributed by atoms with E-state index in [1.807, 2.05) is 13.0 Å². The van der Waals surface area contributed by atoms with Crippen LogP contribution in [-0.4, -0.2) is 18.5 Å². The maximum Gasteiger partial charge on any atom is 0.0822 e. The first-order valence-electron chi connectivity index (χ1n) is 2.61. The van der Waals surface area contributed by atoms with Gasteiger partial charge in [-0.1, -0.05) is 0 Å². The number of rotatable bonds is 0. The first kappa shape index (κ1) is 5.22. The van der Waals surface area contributed by atoms with E-state index in [-0.39, 0.29) is 6.04 Å². The smallest absolute Gasteiger partial charge is 0.0822 e. The highest BCUT2D eigenvalue weighted by Gasteiger charge is 1.89. The molecule has 0 aromatic carbocycles. The molecule has 0 saturated heterocycles. The summed E-state index contributed by atoms with van der Waals surface area (Å²) in [6, 6.07) is 0.241. The number of aliphatic imine (C=N–C) groups is 2. The van der Waals surface area contributed by atoms with Gasteiger partial charge in [-0.25, -0.2) is 0 Å². The molecule has 1 heterocycles. The molecule has 0 bridgehead atoms. The van der Waals surface area contributed by atoms with E-state index in [1.165, 1.54) is 0 Å². The Bertz CT molecular complexity index is 129. The third-order valence-electron chi connectivity index (χ3n) is 0.881. The van der Waals surface area contributed by atoms with Gasteiger partial charge in [0.05, 0.1) is 6.04 Å². The average Bonchev–Trinajstić information content (AvgIpc) is 1.94. The van der Waals surface area contributed by atoms with E-state index in [9.17, 15) is 0 Å². The second-order valence-corrected chi connectivity index (χ2v) is 1.68. The lowest BCUT2D eigenvalue weighted by Crippen LogP contribution is -1.96. The molecule has 0 amide bonds. The fourth-order valence-electron chi connectivity index (χ4n) is 0.486. The van der Waals surface area contributed by atoms with Gasteiger partial charge in [-0.15, -0.1) is 0 Å². The Kier molecular flexibility index (Phi) is 1.57. The summed E-state index contributed by atoms with van der Waals surface area (Å²) in [7, 11) is 0. The molecule has 0 saturated carbocycles. The van der Waals surface area contributed by atoms with Crippen molar-refractivity contribution in [1.29, 1.82) is 0 Å². The molecular weight excluding hydrogens is 100 g/mol. The van der Waals surface area contributed by atoms with Crippen molar-refractivity contribution in [2.75, 3.05) is 0 Å². The molecule has 0 spiro atoms. The Morgan fingerprint density at radius 2 is 2.38 bits per heavy atom. The quantitative estimate of drug-likeness (QED) is 0.443. The Morgan fingerprint density at radius 1 is 1.50 bits per heavy atom. The van der Waals surface area contributed by atoms with E-state index in [0.29, 0.717) is 0 Å². The van der Waals surface area contributed by atoms with Crippen LogP contribution in [0.2, 0.25) is 0 Å². The molecule has 1 aliphatic heterocycles. The summed E-state index contributed by atoms with van der Waals surface area (Å²) < 4.78 is 0. The molecule has 0 aromatic rings. The van der Waals surface area contributed by atoms with Crippen LogP contribution in [0.5, 0.6) is 0 Å². The molecule has 2 nitrogen and oxygen atoms in total. The van der Waals surface area contributed by atoms with Gasteiger partial charge in [0.25, 0.3) is 0 Å². The Hall–Kier alpha value is -0.920. The third-order valence-corrected chi connectivity index (χ3v) is 0.881. The largest absolute Gasteiger partial charge is 0.284 e. The highest BCUT2D eigenvalue weighted by molar-refractivity contribution is 5.77. The van der Waals surface area contributed by atoms with Gasteiger partial charge in [-0.3, -0.25) is 9.98 Å². The van der Waals surface area contributed by atoms with E-state index in [0.717, 1.165) is 0 Å². The van der Waals surface area contributed by atoms with Crippen molar-refractivity contribution in [3.8, 4) is 0 Å². The van der Waals surface area contributed by atoms with E-state index in [4.69, 9.17) is 0 Å². The summed E-state index contributed by atoms with van der Waals surface area (Å²) in [5.41, 5.74) is 0. The minimum Gasteiger partial charge on any atom is -0.284 e. The van der Waals surface area contributed by atoms with Crippen LogP contribution in [0.25, 0.3) is 0 Å². The molecular formula is C6H8N2. The SMILES string of the molecule is C[C@@H]1C=NC=CC=N1. The van der Waals surface area contributed by atoms with Crippen LogP contribution in [0.3, 0.4) is 0 Å². The Balaban J connectivity index is 2.66. The number of hydrogen-bond donors (Lipinski definition) is 0. The summed E-state index contributed by atoms with van der Waals surface area (Å²) in [5, 5.41) is 0. The predicted octanol–water partition coefficient (Wildman–Crippen LogP) is 1.04. The molecule has 0 aromatic heterocycles. The van der Waals surface area contributed by atoms with Gasteiger partial charge in [0.15, 0.2) is 0 Å². The molecule has 42 valence electrons. The van der Waals surface area contributed by atoms with Crippen LogP contribution in [0.15, 0.2) is 22.3 Å². The van der Waals surface area contributed by atoms with Crippen molar-refractivity contribution in [2.24, 2.45) is 9.98 Å². The molecule has 0 N–H and O–H groups in total. The van der Waals surface area contributed by atoms with Crippen LogP contribution < -0.4 is 0 Å². The lowest BCUT2D eigenvalue weighted by atomic mass is 10.4. The lowest BCUT2D eigenvalue weighted by Gasteiger charge is -1.89. The number of allylic oxidation sites excluding steroid dienone is 1. The summed E-state index contributed by atoms with van der Waals surface area (Å²) >= 11 is 0. The monoisotopic (exact) mass is 108 g/mol. The van der Waals surface area contributed by atoms with Crippen LogP contribution in [0.1, 0.15) is 6.92 Å². The average molecular weight is 108 g/mol. The van der Waals surface area contributed by atoms with Crippen molar-refractivity contribution in [1.82, 2.24) is 0 Å². The van der Waals surface area contributed by atoms with Gasteiger partial charge in [0.2, 0.25) is 0 Å². The van der Waals surface area contributed by atoms with E-state index in [1.54, 1.807) is 18.6 Å². The summed E-state index contributed by atoms with van der Waals surface area (Å²) in [6.45, 7) is 1.99. The van der Waals surface area contributed by atoms with Crippen molar-refractivity contribution < 1.29 is 0 Å². The molecule has 0 fully saturated rings. The van der Waals surface area contributed by atoms with Crippen molar-refractivity contribution in [2.45, 2.75) is 13.0 Å². The molecule has 8 heavy (non-hydrogen) atoms. The molecule has 0 aliphatic carbocycles. The summed E-state index contributed by atoms with van der Waals surface area (Å²) in [4.78, 5) is 7.98. The van der Waals surface area contributed by atoms with Crippen molar-refractivity contribution in [3.63, 3.8) is 0 Å². The molecule has 1 atom stereocenters. The molecule has 1 aliphatic rings. The fraction of sp³-hybridized carbons (Fsp3) is 0.333. The van der Waals surface area contributed by atoms with E-state index >= 15 is 0 Å². The van der Waals surface area contributed by atoms with Crippen LogP contribution in [-0.2, 0) is 0 Å². The first-order chi connectivity index (χ1) is 3.89. The Labute approximate surface area is 48.7 Å². The summed E-state index contributed by atoms with van der Waals surface area (Å²) in [5.74, 6) is 0. The number of hydrogen-bond acceptors (Lipinski definition) is 2. The van der Waals surface area contributed by atoms with Gasteiger partial charge in [0, 0.05) is 18.6 Å². The highest BCUT2D eigenvalue weighted by atomic mass is 14.8. The maximum absolute atomic E-state index is 4.06. The standard InChI is InChI=1S/C6H8N2/c1-6-5-7-3-2-4-8-6/h2-6H,1H3/t6-/m1/s1. The van der Waals surface area contributed by atoms with Gasteiger partial charge in [-0.2, -0.15) is 0 Å². The zero-order valence-electron chi connectivity index (χ0n) is 4.78. The van der Waals surface area contributed by atoms with Gasteiger partial charge in [0.1, 0.15) is 0 Å². The molecule has 0 unspecified atom stereocenters. The zero-order valence-corrected chi connectivity index (χ0v) is 4.78. The normalized spacial score (nSPS) is 25.9. The minimum absolute atomic E-state index is 0.241.